The molecule has 1 atom stereocenters. The van der Waals surface area contributed by atoms with Gasteiger partial charge in [-0.25, -0.2) is 0 Å². The van der Waals surface area contributed by atoms with Crippen molar-refractivity contribution < 1.29 is 19.6 Å². The van der Waals surface area contributed by atoms with E-state index in [4.69, 9.17) is 5.11 Å². The fraction of sp³-hybridized carbons (Fsp3) is 0.429. The van der Waals surface area contributed by atoms with E-state index in [0.29, 0.717) is 5.69 Å². The molecule has 1 aromatic rings. The zero-order valence-corrected chi connectivity index (χ0v) is 12.5. The van der Waals surface area contributed by atoms with Crippen LogP contribution < -0.4 is 5.32 Å². The summed E-state index contributed by atoms with van der Waals surface area (Å²) in [7, 11) is 1.53. The molecule has 120 valence electrons. The first-order valence-corrected chi connectivity index (χ1v) is 6.77. The number of anilines is 1. The fourth-order valence-corrected chi connectivity index (χ4v) is 1.87. The summed E-state index contributed by atoms with van der Waals surface area (Å²) in [5.41, 5.74) is 0.296. The number of nitrogens with one attached hydrogen (secondary N) is 1. The Hall–Kier alpha value is -2.64. The van der Waals surface area contributed by atoms with E-state index in [1.165, 1.54) is 24.9 Å². The fourth-order valence-electron chi connectivity index (χ4n) is 1.87. The maximum atomic E-state index is 11.9. The van der Waals surface area contributed by atoms with Crippen molar-refractivity contribution in [3.63, 3.8) is 0 Å². The first-order chi connectivity index (χ1) is 10.3. The topological polar surface area (TPSA) is 113 Å². The van der Waals surface area contributed by atoms with Crippen molar-refractivity contribution in [2.45, 2.75) is 13.3 Å². The lowest BCUT2D eigenvalue weighted by molar-refractivity contribution is -0.384. The molecule has 0 bridgehead atoms. The van der Waals surface area contributed by atoms with Crippen LogP contribution in [-0.2, 0) is 9.59 Å². The lowest BCUT2D eigenvalue weighted by Crippen LogP contribution is -2.34. The van der Waals surface area contributed by atoms with E-state index in [0.717, 1.165) is 0 Å². The molecule has 0 aromatic heterocycles. The molecule has 1 amide bonds. The first kappa shape index (κ1) is 17.4. The smallest absolute Gasteiger partial charge is 0.308 e. The minimum absolute atomic E-state index is 0.0530. The summed E-state index contributed by atoms with van der Waals surface area (Å²) in [5, 5.41) is 22.5. The Labute approximate surface area is 127 Å². The Balaban J connectivity index is 2.49. The number of carboxylic acids is 1. The summed E-state index contributed by atoms with van der Waals surface area (Å²) in [6, 6.07) is 6.18. The SMILES string of the molecule is C[C@@H](CN(C)C(=O)CCNc1ccccc1[N+](=O)[O-])C(=O)O. The number of carbonyl (C=O) groups excluding carboxylic acids is 1. The number of aliphatic carboxylic acids is 1. The number of rotatable bonds is 8. The van der Waals surface area contributed by atoms with Gasteiger partial charge in [0.25, 0.3) is 5.69 Å². The molecule has 2 N–H and O–H groups in total. The molecule has 0 heterocycles. The first-order valence-electron chi connectivity index (χ1n) is 6.77. The van der Waals surface area contributed by atoms with Crippen molar-refractivity contribution in [3.8, 4) is 0 Å². The van der Waals surface area contributed by atoms with Gasteiger partial charge < -0.3 is 15.3 Å². The van der Waals surface area contributed by atoms with Crippen molar-refractivity contribution in [1.29, 1.82) is 0 Å². The van der Waals surface area contributed by atoms with Gasteiger partial charge in [0.2, 0.25) is 5.91 Å². The predicted molar refractivity (Wildman–Crippen MR) is 80.6 cm³/mol. The third-order valence-corrected chi connectivity index (χ3v) is 3.15. The molecule has 1 rings (SSSR count). The number of carbonyl (C=O) groups is 2. The molecule has 8 heteroatoms. The number of benzene rings is 1. The van der Waals surface area contributed by atoms with Crippen molar-refractivity contribution in [2.24, 2.45) is 5.92 Å². The predicted octanol–water partition coefficient (Wildman–Crippen LogP) is 1.58. The minimum Gasteiger partial charge on any atom is -0.481 e. The molecule has 0 spiro atoms. The largest absolute Gasteiger partial charge is 0.481 e. The Morgan fingerprint density at radius 1 is 1.41 bits per heavy atom. The van der Waals surface area contributed by atoms with Crippen LogP contribution in [-0.4, -0.2) is 46.9 Å². The normalized spacial score (nSPS) is 11.5. The molecule has 8 nitrogen and oxygen atoms in total. The number of carboxylic acid groups (broad SMARTS) is 1. The van der Waals surface area contributed by atoms with Gasteiger partial charge in [-0.1, -0.05) is 19.1 Å². The standard InChI is InChI=1S/C14H19N3O5/c1-10(14(19)20)9-16(2)13(18)7-8-15-11-5-3-4-6-12(11)17(21)22/h3-6,10,15H,7-9H2,1-2H3,(H,19,20)/t10-/m0/s1. The highest BCUT2D eigenvalue weighted by atomic mass is 16.6. The monoisotopic (exact) mass is 309 g/mol. The minimum atomic E-state index is -0.960. The van der Waals surface area contributed by atoms with Crippen molar-refractivity contribution in [1.82, 2.24) is 4.90 Å². The zero-order valence-electron chi connectivity index (χ0n) is 12.5. The van der Waals surface area contributed by atoms with Gasteiger partial charge in [-0.3, -0.25) is 19.7 Å². The molecule has 0 saturated carbocycles. The van der Waals surface area contributed by atoms with Crippen LogP contribution in [0.2, 0.25) is 0 Å². The van der Waals surface area contributed by atoms with Crippen LogP contribution in [0, 0.1) is 16.0 Å². The molecule has 0 aliphatic carbocycles. The molecule has 0 aliphatic heterocycles. The summed E-state index contributed by atoms with van der Waals surface area (Å²) >= 11 is 0. The highest BCUT2D eigenvalue weighted by Gasteiger charge is 2.17. The number of nitro groups is 1. The van der Waals surface area contributed by atoms with Crippen LogP contribution in [0.3, 0.4) is 0 Å². The van der Waals surface area contributed by atoms with Crippen molar-refractivity contribution >= 4 is 23.3 Å². The van der Waals surface area contributed by atoms with E-state index in [9.17, 15) is 19.7 Å². The van der Waals surface area contributed by atoms with Gasteiger partial charge in [0.1, 0.15) is 5.69 Å². The Morgan fingerprint density at radius 2 is 2.05 bits per heavy atom. The van der Waals surface area contributed by atoms with Gasteiger partial charge in [0, 0.05) is 32.6 Å². The summed E-state index contributed by atoms with van der Waals surface area (Å²) in [6.45, 7) is 1.88. The van der Waals surface area contributed by atoms with E-state index >= 15 is 0 Å². The molecular weight excluding hydrogens is 290 g/mol. The van der Waals surface area contributed by atoms with Crippen LogP contribution in [0.5, 0.6) is 0 Å². The van der Waals surface area contributed by atoms with Crippen LogP contribution in [0.15, 0.2) is 24.3 Å². The van der Waals surface area contributed by atoms with Gasteiger partial charge in [0.05, 0.1) is 10.8 Å². The maximum absolute atomic E-state index is 11.9. The molecule has 0 unspecified atom stereocenters. The van der Waals surface area contributed by atoms with E-state index in [1.807, 2.05) is 0 Å². The molecule has 0 saturated heterocycles. The van der Waals surface area contributed by atoms with E-state index < -0.39 is 16.8 Å². The number of amides is 1. The van der Waals surface area contributed by atoms with Crippen LogP contribution in [0.4, 0.5) is 11.4 Å². The summed E-state index contributed by atoms with van der Waals surface area (Å²) in [4.78, 5) is 34.3. The Morgan fingerprint density at radius 3 is 2.64 bits per heavy atom. The van der Waals surface area contributed by atoms with Crippen LogP contribution in [0.1, 0.15) is 13.3 Å². The second-order valence-corrected chi connectivity index (χ2v) is 4.96. The molecular formula is C14H19N3O5. The summed E-state index contributed by atoms with van der Waals surface area (Å²) in [5.74, 6) is -1.83. The number of nitro benzene ring substituents is 1. The molecule has 22 heavy (non-hydrogen) atoms. The summed E-state index contributed by atoms with van der Waals surface area (Å²) in [6.07, 6.45) is 0.120. The van der Waals surface area contributed by atoms with Crippen molar-refractivity contribution in [2.75, 3.05) is 25.5 Å². The molecule has 0 aliphatic rings. The second kappa shape index (κ2) is 7.96. The lowest BCUT2D eigenvalue weighted by atomic mass is 10.1. The van der Waals surface area contributed by atoms with Gasteiger partial charge in [-0.05, 0) is 6.07 Å². The third kappa shape index (κ3) is 5.04. The quantitative estimate of drug-likeness (QED) is 0.557. The average Bonchev–Trinajstić information content (AvgIpc) is 2.47. The third-order valence-electron chi connectivity index (χ3n) is 3.15. The van der Waals surface area contributed by atoms with Gasteiger partial charge in [0.15, 0.2) is 0 Å². The van der Waals surface area contributed by atoms with E-state index in [1.54, 1.807) is 18.2 Å². The zero-order chi connectivity index (χ0) is 16.7. The number of nitrogens with zero attached hydrogens (tertiary/aromatic N) is 2. The highest BCUT2D eigenvalue weighted by molar-refractivity contribution is 5.78. The van der Waals surface area contributed by atoms with Gasteiger partial charge >= 0.3 is 5.97 Å². The highest BCUT2D eigenvalue weighted by Crippen LogP contribution is 2.22. The number of hydrogen-bond acceptors (Lipinski definition) is 5. The van der Waals surface area contributed by atoms with Crippen LogP contribution in [0.25, 0.3) is 0 Å². The van der Waals surface area contributed by atoms with Gasteiger partial charge in [-0.2, -0.15) is 0 Å². The number of para-hydroxylation sites is 2. The summed E-state index contributed by atoms with van der Waals surface area (Å²) < 4.78 is 0. The van der Waals surface area contributed by atoms with E-state index in [2.05, 4.69) is 5.32 Å². The van der Waals surface area contributed by atoms with Crippen molar-refractivity contribution in [3.05, 3.63) is 34.4 Å². The van der Waals surface area contributed by atoms with Crippen LogP contribution >= 0.6 is 0 Å². The maximum Gasteiger partial charge on any atom is 0.308 e. The lowest BCUT2D eigenvalue weighted by Gasteiger charge is -2.19. The van der Waals surface area contributed by atoms with Gasteiger partial charge in [-0.15, -0.1) is 0 Å². The molecule has 0 radical (unpaired) electrons. The Bertz CT molecular complexity index is 561. The Kier molecular flexibility index (Phi) is 6.30. The molecule has 0 fully saturated rings. The van der Waals surface area contributed by atoms with E-state index in [-0.39, 0.29) is 31.1 Å². The number of hydrogen-bond donors (Lipinski definition) is 2. The average molecular weight is 309 g/mol. The molecule has 1 aromatic carbocycles. The second-order valence-electron chi connectivity index (χ2n) is 4.96.